The van der Waals surface area contributed by atoms with Crippen molar-refractivity contribution in [3.63, 3.8) is 0 Å². The highest BCUT2D eigenvalue weighted by atomic mass is 32.2. The fourth-order valence-electron chi connectivity index (χ4n) is 2.18. The zero-order valence-corrected chi connectivity index (χ0v) is 13.6. The van der Waals surface area contributed by atoms with Gasteiger partial charge in [-0.3, -0.25) is 0 Å². The molecule has 0 aromatic heterocycles. The van der Waals surface area contributed by atoms with E-state index in [2.05, 4.69) is 0 Å². The summed E-state index contributed by atoms with van der Waals surface area (Å²) in [5.41, 5.74) is -0.633. The molecule has 2 atom stereocenters. The SMILES string of the molecule is CCC(C)Sc1c(OC2CCCCO2)cccc1C(F)(F)F. The van der Waals surface area contributed by atoms with Crippen molar-refractivity contribution in [2.24, 2.45) is 0 Å². The largest absolute Gasteiger partial charge is 0.464 e. The third-order valence-electron chi connectivity index (χ3n) is 3.57. The average Bonchev–Trinajstić information content (AvgIpc) is 2.48. The van der Waals surface area contributed by atoms with Crippen molar-refractivity contribution in [1.82, 2.24) is 0 Å². The summed E-state index contributed by atoms with van der Waals surface area (Å²) in [7, 11) is 0. The van der Waals surface area contributed by atoms with Crippen molar-refractivity contribution in [2.75, 3.05) is 6.61 Å². The Labute approximate surface area is 133 Å². The molecule has 0 saturated carbocycles. The molecule has 2 unspecified atom stereocenters. The van der Waals surface area contributed by atoms with Gasteiger partial charge in [0.1, 0.15) is 5.75 Å². The Morgan fingerprint density at radius 2 is 2.14 bits per heavy atom. The van der Waals surface area contributed by atoms with Gasteiger partial charge in [-0.05, 0) is 31.4 Å². The summed E-state index contributed by atoms with van der Waals surface area (Å²) in [4.78, 5) is 0.165. The second-order valence-electron chi connectivity index (χ2n) is 5.38. The summed E-state index contributed by atoms with van der Waals surface area (Å²) in [5.74, 6) is 0.270. The lowest BCUT2D eigenvalue weighted by Crippen LogP contribution is -2.25. The molecule has 0 N–H and O–H groups in total. The zero-order valence-electron chi connectivity index (χ0n) is 12.8. The van der Waals surface area contributed by atoms with E-state index in [1.165, 1.54) is 17.8 Å². The van der Waals surface area contributed by atoms with E-state index in [0.717, 1.165) is 25.3 Å². The summed E-state index contributed by atoms with van der Waals surface area (Å²) < 4.78 is 51.0. The van der Waals surface area contributed by atoms with Gasteiger partial charge < -0.3 is 9.47 Å². The minimum absolute atomic E-state index is 0.0816. The third-order valence-corrected chi connectivity index (χ3v) is 4.97. The van der Waals surface area contributed by atoms with Gasteiger partial charge >= 0.3 is 6.18 Å². The molecule has 1 aromatic carbocycles. The highest BCUT2D eigenvalue weighted by Gasteiger charge is 2.35. The van der Waals surface area contributed by atoms with Crippen molar-refractivity contribution >= 4 is 11.8 Å². The molecule has 1 fully saturated rings. The Morgan fingerprint density at radius 1 is 1.36 bits per heavy atom. The van der Waals surface area contributed by atoms with E-state index in [1.54, 1.807) is 6.07 Å². The average molecular weight is 334 g/mol. The van der Waals surface area contributed by atoms with Gasteiger partial charge in [-0.2, -0.15) is 13.2 Å². The topological polar surface area (TPSA) is 18.5 Å². The first-order valence-corrected chi connectivity index (χ1v) is 8.45. The van der Waals surface area contributed by atoms with Crippen LogP contribution in [0.2, 0.25) is 0 Å². The molecular weight excluding hydrogens is 313 g/mol. The highest BCUT2D eigenvalue weighted by Crippen LogP contribution is 2.44. The van der Waals surface area contributed by atoms with E-state index in [1.807, 2.05) is 13.8 Å². The van der Waals surface area contributed by atoms with Gasteiger partial charge in [0.15, 0.2) is 6.29 Å². The van der Waals surface area contributed by atoms with Crippen molar-refractivity contribution in [3.05, 3.63) is 23.8 Å². The lowest BCUT2D eigenvalue weighted by molar-refractivity contribution is -0.141. The minimum atomic E-state index is -4.39. The lowest BCUT2D eigenvalue weighted by Gasteiger charge is -2.26. The van der Waals surface area contributed by atoms with Gasteiger partial charge in [-0.25, -0.2) is 0 Å². The molecule has 1 saturated heterocycles. The molecule has 22 heavy (non-hydrogen) atoms. The van der Waals surface area contributed by atoms with E-state index in [-0.39, 0.29) is 15.9 Å². The number of hydrogen-bond acceptors (Lipinski definition) is 3. The number of thioether (sulfide) groups is 1. The Hall–Kier alpha value is -0.880. The number of rotatable bonds is 5. The predicted molar refractivity (Wildman–Crippen MR) is 81.3 cm³/mol. The van der Waals surface area contributed by atoms with Crippen molar-refractivity contribution in [1.29, 1.82) is 0 Å². The quantitative estimate of drug-likeness (QED) is 0.662. The van der Waals surface area contributed by atoms with Gasteiger partial charge in [-0.1, -0.05) is 19.9 Å². The van der Waals surface area contributed by atoms with E-state index in [4.69, 9.17) is 9.47 Å². The normalized spacial score (nSPS) is 20.7. The molecule has 1 aliphatic heterocycles. The van der Waals surface area contributed by atoms with Crippen molar-refractivity contribution in [3.8, 4) is 5.75 Å². The maximum absolute atomic E-state index is 13.3. The van der Waals surface area contributed by atoms with E-state index in [0.29, 0.717) is 13.0 Å². The molecule has 6 heteroatoms. The van der Waals surface area contributed by atoms with Crippen LogP contribution in [0.15, 0.2) is 23.1 Å². The maximum Gasteiger partial charge on any atom is 0.417 e. The van der Waals surface area contributed by atoms with Crippen LogP contribution >= 0.6 is 11.8 Å². The van der Waals surface area contributed by atoms with Gasteiger partial charge in [0.25, 0.3) is 0 Å². The predicted octanol–water partition coefficient (Wildman–Crippen LogP) is 5.50. The Kier molecular flexibility index (Phi) is 6.03. The molecule has 2 rings (SSSR count). The summed E-state index contributed by atoms with van der Waals surface area (Å²) in [6, 6.07) is 4.10. The number of hydrogen-bond donors (Lipinski definition) is 0. The van der Waals surface area contributed by atoms with Gasteiger partial charge in [-0.15, -0.1) is 11.8 Å². The van der Waals surface area contributed by atoms with Crippen LogP contribution in [0.4, 0.5) is 13.2 Å². The molecule has 2 nitrogen and oxygen atoms in total. The number of halogens is 3. The van der Waals surface area contributed by atoms with Crippen LogP contribution in [0.5, 0.6) is 5.75 Å². The van der Waals surface area contributed by atoms with Crippen LogP contribution in [0.1, 0.15) is 45.1 Å². The molecule has 0 bridgehead atoms. The number of ether oxygens (including phenoxy) is 2. The first kappa shape index (κ1) is 17.5. The standard InChI is InChI=1S/C16H21F3O2S/c1-3-11(2)22-15-12(16(17,18)19)7-6-8-13(15)21-14-9-4-5-10-20-14/h6-8,11,14H,3-5,9-10H2,1-2H3. The van der Waals surface area contributed by atoms with Gasteiger partial charge in [0, 0.05) is 11.7 Å². The number of benzene rings is 1. The molecule has 0 spiro atoms. The van der Waals surface area contributed by atoms with E-state index >= 15 is 0 Å². The van der Waals surface area contributed by atoms with Crippen LogP contribution < -0.4 is 4.74 Å². The monoisotopic (exact) mass is 334 g/mol. The van der Waals surface area contributed by atoms with Gasteiger partial charge in [0.05, 0.1) is 17.1 Å². The summed E-state index contributed by atoms with van der Waals surface area (Å²) in [6.45, 7) is 4.47. The molecule has 0 amide bonds. The molecule has 0 aliphatic carbocycles. The van der Waals surface area contributed by atoms with Crippen LogP contribution in [0.3, 0.4) is 0 Å². The van der Waals surface area contributed by atoms with Gasteiger partial charge in [0.2, 0.25) is 0 Å². The minimum Gasteiger partial charge on any atom is -0.464 e. The molecule has 1 aromatic rings. The smallest absolute Gasteiger partial charge is 0.417 e. The Morgan fingerprint density at radius 3 is 2.73 bits per heavy atom. The summed E-state index contributed by atoms with van der Waals surface area (Å²) >= 11 is 1.21. The fraction of sp³-hybridized carbons (Fsp3) is 0.625. The van der Waals surface area contributed by atoms with Crippen LogP contribution in [-0.2, 0) is 10.9 Å². The number of alkyl halides is 3. The van der Waals surface area contributed by atoms with Crippen molar-refractivity contribution in [2.45, 2.75) is 62.1 Å². The van der Waals surface area contributed by atoms with Crippen molar-refractivity contribution < 1.29 is 22.6 Å². The van der Waals surface area contributed by atoms with Crippen LogP contribution in [0, 0.1) is 0 Å². The Bertz CT molecular complexity index is 485. The third kappa shape index (κ3) is 4.56. The molecule has 1 aliphatic rings. The fourth-order valence-corrected chi connectivity index (χ4v) is 3.30. The molecule has 124 valence electrons. The lowest BCUT2D eigenvalue weighted by atomic mass is 10.2. The summed E-state index contributed by atoms with van der Waals surface area (Å²) in [6.07, 6.45) is -1.40. The van der Waals surface area contributed by atoms with E-state index in [9.17, 15) is 13.2 Å². The second kappa shape index (κ2) is 7.59. The molecule has 1 heterocycles. The van der Waals surface area contributed by atoms with Crippen LogP contribution in [-0.4, -0.2) is 18.1 Å². The second-order valence-corrected chi connectivity index (χ2v) is 6.83. The van der Waals surface area contributed by atoms with Crippen LogP contribution in [0.25, 0.3) is 0 Å². The van der Waals surface area contributed by atoms with E-state index < -0.39 is 18.0 Å². The molecular formula is C16H21F3O2S. The highest BCUT2D eigenvalue weighted by molar-refractivity contribution is 8.00. The molecule has 0 radical (unpaired) electrons. The maximum atomic E-state index is 13.3. The first-order chi connectivity index (χ1) is 10.4. The first-order valence-electron chi connectivity index (χ1n) is 7.57. The zero-order chi connectivity index (χ0) is 16.2. The Balaban J connectivity index is 2.30. The summed E-state index contributed by atoms with van der Waals surface area (Å²) in [5, 5.41) is 0.0816.